The largest absolute Gasteiger partial charge is 0.460 e. The summed E-state index contributed by atoms with van der Waals surface area (Å²) >= 11 is 4.18. The van der Waals surface area contributed by atoms with Crippen molar-refractivity contribution < 1.29 is 123 Å². The van der Waals surface area contributed by atoms with Gasteiger partial charge in [-0.1, -0.05) is 0 Å². The summed E-state index contributed by atoms with van der Waals surface area (Å²) in [6, 6.07) is -0.937. The molecule has 0 saturated heterocycles. The molecule has 2 aliphatic heterocycles. The minimum absolute atomic E-state index is 0.469. The highest BCUT2D eigenvalue weighted by atomic mass is 79.9. The average molecular weight is 1140 g/mol. The Kier molecular flexibility index (Phi) is 12.0. The lowest BCUT2D eigenvalue weighted by Crippen LogP contribution is -2.50. The molecule has 0 fully saturated rings. The Balaban J connectivity index is 2.30. The molecule has 8 bridgehead atoms. The first kappa shape index (κ1) is 52.6. The van der Waals surface area contributed by atoms with E-state index in [4.69, 9.17) is 0 Å². The zero-order valence-electron chi connectivity index (χ0n) is 29.7. The maximum Gasteiger partial charge on any atom is 0.460 e. The van der Waals surface area contributed by atoms with Gasteiger partial charge in [0.05, 0.1) is 67.1 Å². The van der Waals surface area contributed by atoms with Crippen molar-refractivity contribution >= 4 is 78.2 Å². The second-order valence-corrected chi connectivity index (χ2v) is 15.0. The third-order valence-electron chi connectivity index (χ3n) is 9.14. The molecule has 0 unspecified atom stereocenters. The van der Waals surface area contributed by atoms with Crippen LogP contribution in [0.2, 0.25) is 0 Å². The second-order valence-electron chi connectivity index (χ2n) is 13.3. The number of rotatable bonds is 8. The Labute approximate surface area is 359 Å². The molecule has 5 rings (SSSR count). The third-order valence-corrected chi connectivity index (χ3v) is 10.4. The van der Waals surface area contributed by atoms with E-state index in [2.05, 4.69) is 41.8 Å². The molecule has 0 aliphatic carbocycles. The summed E-state index contributed by atoms with van der Waals surface area (Å²) in [5, 5.41) is 0. The van der Waals surface area contributed by atoms with Crippen molar-refractivity contribution in [3.63, 3.8) is 0 Å². The quantitative estimate of drug-likeness (QED) is 0.152. The van der Waals surface area contributed by atoms with Crippen LogP contribution in [0.4, 0.5) is 123 Å². The molecule has 0 radical (unpaired) electrons. The molecule has 0 spiro atoms. The van der Waals surface area contributed by atoms with Gasteiger partial charge in [0.2, 0.25) is 0 Å². The van der Waals surface area contributed by atoms with Gasteiger partial charge >= 0.3 is 72.1 Å². The van der Waals surface area contributed by atoms with Gasteiger partial charge in [0.15, 0.2) is 0 Å². The Bertz CT molecular complexity index is 2520. The molecule has 2 aliphatic rings. The van der Waals surface area contributed by atoms with Crippen LogP contribution in [0.25, 0.3) is 46.4 Å². The zero-order chi connectivity index (χ0) is 51.2. The summed E-state index contributed by atoms with van der Waals surface area (Å²) in [6.45, 7) is 0. The van der Waals surface area contributed by atoms with Crippen LogP contribution in [0.3, 0.4) is 0 Å². The number of H-pyrrole nitrogens is 2. The highest BCUT2D eigenvalue weighted by Crippen LogP contribution is 2.59. The molecular formula is C32H8Br2F28N4. The van der Waals surface area contributed by atoms with E-state index in [1.165, 1.54) is 0 Å². The van der Waals surface area contributed by atoms with Crippen LogP contribution in [0.5, 0.6) is 0 Å². The molecule has 0 atom stereocenters. The first-order chi connectivity index (χ1) is 29.2. The van der Waals surface area contributed by atoms with Crippen molar-refractivity contribution in [2.75, 3.05) is 0 Å². The Morgan fingerprint density at radius 2 is 0.515 bits per heavy atom. The van der Waals surface area contributed by atoms with Crippen LogP contribution >= 0.6 is 31.9 Å². The predicted molar refractivity (Wildman–Crippen MR) is 174 cm³/mol. The van der Waals surface area contributed by atoms with Crippen LogP contribution in [0, 0.1) is 0 Å². The molecule has 0 amide bonds. The smallest absolute Gasteiger partial charge is 0.354 e. The Hall–Kier alpha value is -4.40. The third kappa shape index (κ3) is 7.46. The topological polar surface area (TPSA) is 57.4 Å². The van der Waals surface area contributed by atoms with Crippen molar-refractivity contribution in [3.05, 3.63) is 66.1 Å². The molecule has 366 valence electrons. The molecule has 4 nitrogen and oxygen atoms in total. The van der Waals surface area contributed by atoms with E-state index in [1.807, 2.05) is 0 Å². The Morgan fingerprint density at radius 3 is 0.727 bits per heavy atom. The van der Waals surface area contributed by atoms with Crippen molar-refractivity contribution in [3.8, 4) is 0 Å². The fourth-order valence-corrected chi connectivity index (χ4v) is 6.99. The summed E-state index contributed by atoms with van der Waals surface area (Å²) in [5.41, 5.74) is -32.1. The number of aromatic amines is 2. The lowest BCUT2D eigenvalue weighted by atomic mass is 9.99. The zero-order valence-corrected chi connectivity index (χ0v) is 32.9. The van der Waals surface area contributed by atoms with E-state index in [-0.39, 0.29) is 0 Å². The predicted octanol–water partition coefficient (Wildman–Crippen LogP) is 15.3. The number of nitrogens with one attached hydrogen (secondary N) is 2. The number of aromatic nitrogens is 4. The maximum atomic E-state index is 15.8. The van der Waals surface area contributed by atoms with Gasteiger partial charge in [0.1, 0.15) is 0 Å². The molecule has 3 aromatic rings. The lowest BCUT2D eigenvalue weighted by Gasteiger charge is -2.29. The van der Waals surface area contributed by atoms with Gasteiger partial charge in [0.25, 0.3) is 0 Å². The van der Waals surface area contributed by atoms with Gasteiger partial charge in [-0.25, -0.2) is 9.97 Å². The fraction of sp³-hybridized carbons (Fsp3) is 0.375. The average Bonchev–Trinajstić information content (AvgIpc) is 3.92. The standard InChI is InChI=1S/C32H8Br2F28N4/c33-7-5-13-15(21(35,36)25(43,44)29(51,52)53)9-1-2-10(63-9)16(22(37,38)26(45,46)30(54,55)56)14-6-8(34)20(66-14)18(24(41,42)28(49,50)32(60,61)62)12-4-3-11(64-12)17(19(7)65-13)23(39,40)27(47,48)31(57,58)59/h1-6,65-66H. The molecule has 3 aromatic heterocycles. The fourth-order valence-electron chi connectivity index (χ4n) is 5.94. The van der Waals surface area contributed by atoms with Crippen LogP contribution in [0.1, 0.15) is 45.0 Å². The minimum Gasteiger partial charge on any atom is -0.354 e. The minimum atomic E-state index is -7.55. The molecular weight excluding hydrogens is 1130 g/mol. The number of fused-ring (bicyclic) bond motifs is 8. The van der Waals surface area contributed by atoms with Crippen LogP contribution in [-0.4, -0.2) is 68.3 Å². The first-order valence-electron chi connectivity index (χ1n) is 16.0. The van der Waals surface area contributed by atoms with Gasteiger partial charge in [-0.3, -0.25) is 0 Å². The van der Waals surface area contributed by atoms with E-state index >= 15 is 35.1 Å². The van der Waals surface area contributed by atoms with E-state index in [0.29, 0.717) is 0 Å². The van der Waals surface area contributed by atoms with E-state index in [1.54, 1.807) is 0 Å². The number of hydrogen-bond acceptors (Lipinski definition) is 2. The molecule has 5 heterocycles. The number of halogens is 30. The summed E-state index contributed by atoms with van der Waals surface area (Å²) in [4.78, 5) is 7.32. The normalized spacial score (nSPS) is 15.6. The van der Waals surface area contributed by atoms with Crippen molar-refractivity contribution in [1.82, 2.24) is 19.9 Å². The van der Waals surface area contributed by atoms with Crippen LogP contribution in [0.15, 0.2) is 21.1 Å². The molecule has 34 heteroatoms. The Morgan fingerprint density at radius 1 is 0.318 bits per heavy atom. The maximum absolute atomic E-state index is 15.8. The van der Waals surface area contributed by atoms with Gasteiger partial charge in [-0.05, 0) is 68.3 Å². The number of alkyl halides is 28. The lowest BCUT2D eigenvalue weighted by molar-refractivity contribution is -0.359. The van der Waals surface area contributed by atoms with E-state index in [9.17, 15) is 87.8 Å². The highest BCUT2D eigenvalue weighted by Gasteiger charge is 2.78. The van der Waals surface area contributed by atoms with Gasteiger partial charge in [0, 0.05) is 8.95 Å². The highest BCUT2D eigenvalue weighted by molar-refractivity contribution is 9.11. The van der Waals surface area contributed by atoms with Crippen molar-refractivity contribution in [2.45, 2.75) is 72.1 Å². The van der Waals surface area contributed by atoms with Gasteiger partial charge < -0.3 is 9.97 Å². The van der Waals surface area contributed by atoms with Crippen LogP contribution < -0.4 is 0 Å². The van der Waals surface area contributed by atoms with Gasteiger partial charge in [-0.15, -0.1) is 0 Å². The second kappa shape index (κ2) is 15.0. The molecule has 0 aromatic carbocycles. The monoisotopic (exact) mass is 1140 g/mol. The number of nitrogens with zero attached hydrogens (tertiary/aromatic N) is 2. The first-order valence-corrected chi connectivity index (χ1v) is 17.6. The number of hydrogen-bond donors (Lipinski definition) is 2. The molecule has 2 N–H and O–H groups in total. The van der Waals surface area contributed by atoms with Gasteiger partial charge in [-0.2, -0.15) is 123 Å². The summed E-state index contributed by atoms with van der Waals surface area (Å²) in [7, 11) is 0. The summed E-state index contributed by atoms with van der Waals surface area (Å²) < 4.78 is 403. The van der Waals surface area contributed by atoms with Crippen molar-refractivity contribution in [1.29, 1.82) is 0 Å². The summed E-state index contributed by atoms with van der Waals surface area (Å²) in [5.74, 6) is -58.5. The SMILES string of the molecule is FC(F)(F)C(F)(F)C(F)(F)c1c2nc(c(C(F)(F)C(F)(F)C(F)(F)F)c3cc(Br)c([nH]3)c(C(F)(F)C(F)(F)C(F)(F)F)c3nc(c(C(F)(F)C(F)(F)C(F)(F)F)c4[nH]c1cc4Br)C=C3)C=C2. The van der Waals surface area contributed by atoms with Crippen LogP contribution in [-0.2, 0) is 23.7 Å². The molecule has 66 heavy (non-hydrogen) atoms. The van der Waals surface area contributed by atoms with Crippen molar-refractivity contribution in [2.24, 2.45) is 0 Å². The summed E-state index contributed by atoms with van der Waals surface area (Å²) in [6.07, 6.45) is -32.0. The molecule has 0 saturated carbocycles. The van der Waals surface area contributed by atoms with E-state index in [0.717, 1.165) is 9.97 Å². The van der Waals surface area contributed by atoms with E-state index < -0.39 is 185 Å².